The molecule has 6 heteroatoms. The van der Waals surface area contributed by atoms with Gasteiger partial charge < -0.3 is 19.6 Å². The van der Waals surface area contributed by atoms with Gasteiger partial charge in [0, 0.05) is 14.1 Å². The van der Waals surface area contributed by atoms with Crippen molar-refractivity contribution in [1.29, 1.82) is 0 Å². The van der Waals surface area contributed by atoms with E-state index in [4.69, 9.17) is 10.0 Å². The number of rotatable bonds is 3. The van der Waals surface area contributed by atoms with Crippen molar-refractivity contribution in [2.24, 2.45) is 0 Å². The van der Waals surface area contributed by atoms with E-state index in [1.807, 2.05) is 19.0 Å². The molecule has 1 heterocycles. The molecule has 1 aromatic heterocycles. The van der Waals surface area contributed by atoms with E-state index in [0.29, 0.717) is 5.75 Å². The van der Waals surface area contributed by atoms with Gasteiger partial charge >= 0.3 is 7.32 Å². The maximum absolute atomic E-state index is 8.48. The lowest BCUT2D eigenvalue weighted by Crippen LogP contribution is -2.20. The summed E-state index contributed by atoms with van der Waals surface area (Å²) in [6.07, 6.45) is 1.43. The fourth-order valence-corrected chi connectivity index (χ4v) is 0.828. The van der Waals surface area contributed by atoms with E-state index in [1.54, 1.807) is 12.1 Å². The molecule has 0 saturated carbocycles. The highest BCUT2D eigenvalue weighted by Gasteiger charge is 2.10. The van der Waals surface area contributed by atoms with Crippen LogP contribution in [0.3, 0.4) is 0 Å². The molecule has 0 aliphatic rings. The molecule has 0 radical (unpaired) electrons. The average Bonchev–Trinajstić information content (AvgIpc) is 2.04. The highest BCUT2D eigenvalue weighted by atomic mass is 16.6. The van der Waals surface area contributed by atoms with Crippen LogP contribution in [0, 0.1) is 0 Å². The van der Waals surface area contributed by atoms with Crippen LogP contribution in [0.5, 0.6) is 5.75 Å². The number of anilines is 1. The minimum absolute atomic E-state index is 0.320. The number of hydrogen-bond acceptors (Lipinski definition) is 5. The Kier molecular flexibility index (Phi) is 3.10. The molecule has 0 aromatic carbocycles. The molecule has 0 bridgehead atoms. The third-order valence-corrected chi connectivity index (χ3v) is 1.42. The van der Waals surface area contributed by atoms with E-state index in [2.05, 4.69) is 9.64 Å². The fourth-order valence-electron chi connectivity index (χ4n) is 0.828. The molecule has 0 unspecified atom stereocenters. The van der Waals surface area contributed by atoms with Crippen molar-refractivity contribution < 1.29 is 14.7 Å². The van der Waals surface area contributed by atoms with Gasteiger partial charge in [-0.25, -0.2) is 4.98 Å². The Hall–Kier alpha value is -1.27. The predicted molar refractivity (Wildman–Crippen MR) is 49.4 cm³/mol. The maximum Gasteiger partial charge on any atom is 0.707 e. The molecule has 1 aromatic rings. The van der Waals surface area contributed by atoms with E-state index < -0.39 is 7.32 Å². The summed E-state index contributed by atoms with van der Waals surface area (Å²) in [7, 11) is 1.93. The summed E-state index contributed by atoms with van der Waals surface area (Å²) in [5.41, 5.74) is 0. The van der Waals surface area contributed by atoms with E-state index in [-0.39, 0.29) is 0 Å². The van der Waals surface area contributed by atoms with Gasteiger partial charge in [-0.1, -0.05) is 0 Å². The average molecular weight is 182 g/mol. The van der Waals surface area contributed by atoms with Crippen molar-refractivity contribution in [3.63, 3.8) is 0 Å². The zero-order valence-electron chi connectivity index (χ0n) is 7.51. The lowest BCUT2D eigenvalue weighted by Gasteiger charge is -2.11. The van der Waals surface area contributed by atoms with Crippen molar-refractivity contribution in [3.05, 3.63) is 18.3 Å². The molecule has 0 fully saturated rings. The van der Waals surface area contributed by atoms with Gasteiger partial charge in [0.2, 0.25) is 0 Å². The molecule has 0 aliphatic heterocycles. The highest BCUT2D eigenvalue weighted by Crippen LogP contribution is 2.13. The summed E-state index contributed by atoms with van der Waals surface area (Å²) in [6.45, 7) is 0. The zero-order chi connectivity index (χ0) is 9.84. The standard InChI is InChI=1S/C7H11BN2O3/c1-10(2)7-4-3-6(5-9-7)13-8(11)12/h3-5,11-12H,1-2H3. The molecule has 70 valence electrons. The quantitative estimate of drug-likeness (QED) is 0.616. The molecular formula is C7H11BN2O3. The molecule has 2 N–H and O–H groups in total. The second-order valence-corrected chi connectivity index (χ2v) is 2.69. The Bertz CT molecular complexity index is 263. The first-order chi connectivity index (χ1) is 6.09. The molecule has 5 nitrogen and oxygen atoms in total. The molecule has 0 spiro atoms. The smallest absolute Gasteiger partial charge is 0.511 e. The van der Waals surface area contributed by atoms with Gasteiger partial charge in [-0.05, 0) is 12.1 Å². The van der Waals surface area contributed by atoms with Crippen molar-refractivity contribution in [2.75, 3.05) is 19.0 Å². The first kappa shape index (κ1) is 9.82. The van der Waals surface area contributed by atoms with Crippen LogP contribution in [-0.4, -0.2) is 36.4 Å². The molecule has 0 amide bonds. The van der Waals surface area contributed by atoms with Crippen LogP contribution in [-0.2, 0) is 0 Å². The van der Waals surface area contributed by atoms with Gasteiger partial charge in [-0.15, -0.1) is 0 Å². The van der Waals surface area contributed by atoms with Crippen LogP contribution in [0.2, 0.25) is 0 Å². The van der Waals surface area contributed by atoms with Crippen LogP contribution in [0.25, 0.3) is 0 Å². The predicted octanol–water partition coefficient (Wildman–Crippen LogP) is -0.504. The summed E-state index contributed by atoms with van der Waals surface area (Å²) in [5, 5.41) is 17.0. The summed E-state index contributed by atoms with van der Waals surface area (Å²) < 4.78 is 4.58. The summed E-state index contributed by atoms with van der Waals surface area (Å²) in [6, 6.07) is 3.33. The lowest BCUT2D eigenvalue weighted by molar-refractivity contribution is 0.287. The van der Waals surface area contributed by atoms with Crippen LogP contribution >= 0.6 is 0 Å². The fraction of sp³-hybridized carbons (Fsp3) is 0.286. The molecule has 13 heavy (non-hydrogen) atoms. The normalized spacial score (nSPS) is 9.54. The summed E-state index contributed by atoms with van der Waals surface area (Å²) in [5.74, 6) is 1.10. The van der Waals surface area contributed by atoms with E-state index in [1.165, 1.54) is 6.20 Å². The van der Waals surface area contributed by atoms with Gasteiger partial charge in [0.05, 0.1) is 6.20 Å². The van der Waals surface area contributed by atoms with E-state index >= 15 is 0 Å². The second-order valence-electron chi connectivity index (χ2n) is 2.69. The van der Waals surface area contributed by atoms with Gasteiger partial charge in [0.25, 0.3) is 0 Å². The Morgan fingerprint density at radius 1 is 1.38 bits per heavy atom. The van der Waals surface area contributed by atoms with Crippen LogP contribution in [0.1, 0.15) is 0 Å². The van der Waals surface area contributed by atoms with Crippen molar-refractivity contribution >= 4 is 13.1 Å². The third kappa shape index (κ3) is 2.92. The zero-order valence-corrected chi connectivity index (χ0v) is 7.51. The van der Waals surface area contributed by atoms with Crippen LogP contribution in [0.4, 0.5) is 5.82 Å². The Morgan fingerprint density at radius 2 is 2.08 bits per heavy atom. The van der Waals surface area contributed by atoms with Gasteiger partial charge in [0.15, 0.2) is 0 Å². The Labute approximate surface area is 76.8 Å². The van der Waals surface area contributed by atoms with Crippen molar-refractivity contribution in [1.82, 2.24) is 4.98 Å². The molecule has 0 aliphatic carbocycles. The number of aromatic nitrogens is 1. The van der Waals surface area contributed by atoms with Gasteiger partial charge in [0.1, 0.15) is 11.6 Å². The molecular weight excluding hydrogens is 171 g/mol. The number of nitrogens with zero attached hydrogens (tertiary/aromatic N) is 2. The van der Waals surface area contributed by atoms with Gasteiger partial charge in [-0.3, -0.25) is 0 Å². The first-order valence-corrected chi connectivity index (χ1v) is 3.76. The largest absolute Gasteiger partial charge is 0.707 e. The van der Waals surface area contributed by atoms with E-state index in [0.717, 1.165) is 5.82 Å². The summed E-state index contributed by atoms with van der Waals surface area (Å²) in [4.78, 5) is 5.84. The Morgan fingerprint density at radius 3 is 2.46 bits per heavy atom. The summed E-state index contributed by atoms with van der Waals surface area (Å²) >= 11 is 0. The highest BCUT2D eigenvalue weighted by molar-refractivity contribution is 6.33. The van der Waals surface area contributed by atoms with Gasteiger partial charge in [-0.2, -0.15) is 0 Å². The number of pyridine rings is 1. The molecule has 1 rings (SSSR count). The lowest BCUT2D eigenvalue weighted by atomic mass is 10.2. The first-order valence-electron chi connectivity index (χ1n) is 3.76. The minimum Gasteiger partial charge on any atom is -0.511 e. The monoisotopic (exact) mass is 182 g/mol. The second kappa shape index (κ2) is 4.11. The minimum atomic E-state index is -1.80. The van der Waals surface area contributed by atoms with Crippen molar-refractivity contribution in [2.45, 2.75) is 0 Å². The maximum atomic E-state index is 8.48. The SMILES string of the molecule is CN(C)c1ccc(OB(O)O)cn1. The topological polar surface area (TPSA) is 65.8 Å². The van der Waals surface area contributed by atoms with Crippen LogP contribution < -0.4 is 9.55 Å². The third-order valence-electron chi connectivity index (χ3n) is 1.42. The van der Waals surface area contributed by atoms with Crippen LogP contribution in [0.15, 0.2) is 18.3 Å². The molecule has 0 saturated heterocycles. The Balaban J connectivity index is 2.70. The number of hydrogen-bond donors (Lipinski definition) is 2. The molecule has 0 atom stereocenters. The van der Waals surface area contributed by atoms with E-state index in [9.17, 15) is 0 Å². The van der Waals surface area contributed by atoms with Crippen molar-refractivity contribution in [3.8, 4) is 5.75 Å².